The van der Waals surface area contributed by atoms with Crippen molar-refractivity contribution in [3.05, 3.63) is 48.6 Å². The molecule has 0 fully saturated rings. The second kappa shape index (κ2) is 23.5. The number of carboxylic acid groups (broad SMARTS) is 3. The molecule has 2 heterocycles. The molecule has 0 saturated heterocycles. The SMILES string of the molecule is CCCCCCCCCCC(O)C(=O)O.O=C([O-])C=Cc1c[nH]cn1.O=C([O-])C=Cc1c[nH]cn1.[Se+2]. The van der Waals surface area contributed by atoms with E-state index >= 15 is 0 Å². The number of nitrogens with one attached hydrogen (secondary N) is 2. The van der Waals surface area contributed by atoms with E-state index in [0.29, 0.717) is 17.8 Å². The van der Waals surface area contributed by atoms with Gasteiger partial charge in [0.2, 0.25) is 0 Å². The average molecular weight is 570 g/mol. The Hall–Kier alpha value is -3.21. The number of carbonyl (C=O) groups is 3. The monoisotopic (exact) mass is 570 g/mol. The molecule has 2 aromatic rings. The van der Waals surface area contributed by atoms with Gasteiger partial charge in [0.15, 0.2) is 6.10 Å². The van der Waals surface area contributed by atoms with Crippen LogP contribution in [0.5, 0.6) is 0 Å². The Labute approximate surface area is 221 Å². The number of aliphatic hydroxyl groups excluding tert-OH is 1. The maximum atomic E-state index is 10.3. The van der Waals surface area contributed by atoms with E-state index in [4.69, 9.17) is 10.2 Å². The van der Waals surface area contributed by atoms with Crippen molar-refractivity contribution < 1.29 is 34.8 Å². The molecular formula is C24H34N4O7Se. The minimum absolute atomic E-state index is 0. The molecule has 36 heavy (non-hydrogen) atoms. The van der Waals surface area contributed by atoms with E-state index in [1.54, 1.807) is 12.4 Å². The molecular weight excluding hydrogens is 535 g/mol. The maximum Gasteiger partial charge on any atom is 2.00 e. The van der Waals surface area contributed by atoms with Crippen LogP contribution in [-0.2, 0) is 14.4 Å². The number of rotatable bonds is 14. The van der Waals surface area contributed by atoms with Crippen molar-refractivity contribution in [2.75, 3.05) is 0 Å². The quantitative estimate of drug-likeness (QED) is 0.145. The minimum atomic E-state index is -1.22. The van der Waals surface area contributed by atoms with Crippen molar-refractivity contribution in [2.24, 2.45) is 0 Å². The number of imidazole rings is 2. The zero-order valence-corrected chi connectivity index (χ0v) is 22.0. The van der Waals surface area contributed by atoms with Crippen LogP contribution in [0.15, 0.2) is 37.2 Å². The summed E-state index contributed by atoms with van der Waals surface area (Å²) in [6.45, 7) is 2.20. The molecule has 4 radical (unpaired) electrons. The molecule has 2 aromatic heterocycles. The van der Waals surface area contributed by atoms with E-state index < -0.39 is 24.0 Å². The Morgan fingerprint density at radius 3 is 1.61 bits per heavy atom. The number of nitrogens with zero attached hydrogens (tertiary/aromatic N) is 2. The number of unbranched alkanes of at least 4 members (excludes halogenated alkanes) is 7. The minimum Gasteiger partial charge on any atom is -0.545 e. The van der Waals surface area contributed by atoms with Crippen LogP contribution in [-0.4, -0.2) is 71.2 Å². The van der Waals surface area contributed by atoms with Gasteiger partial charge >= 0.3 is 23.0 Å². The number of H-pyrrole nitrogens is 2. The van der Waals surface area contributed by atoms with Crippen LogP contribution in [0.1, 0.15) is 76.1 Å². The first-order chi connectivity index (χ1) is 16.8. The van der Waals surface area contributed by atoms with Gasteiger partial charge in [-0.05, 0) is 30.7 Å². The fourth-order valence-electron chi connectivity index (χ4n) is 2.63. The summed E-state index contributed by atoms with van der Waals surface area (Å²) in [6.07, 6.45) is 19.3. The van der Waals surface area contributed by atoms with Crippen molar-refractivity contribution >= 4 is 47.1 Å². The zero-order valence-electron chi connectivity index (χ0n) is 20.3. The Kier molecular flexibility index (Phi) is 22.8. The smallest absolute Gasteiger partial charge is 0.545 e. The number of aliphatic carboxylic acids is 3. The summed E-state index contributed by atoms with van der Waals surface area (Å²) in [5.74, 6) is -3.54. The first-order valence-electron chi connectivity index (χ1n) is 11.4. The van der Waals surface area contributed by atoms with Gasteiger partial charge in [-0.3, -0.25) is 0 Å². The summed E-state index contributed by atoms with van der Waals surface area (Å²) in [6, 6.07) is 0. The van der Waals surface area contributed by atoms with Gasteiger partial charge < -0.3 is 40.0 Å². The molecule has 4 N–H and O–H groups in total. The Morgan fingerprint density at radius 1 is 0.861 bits per heavy atom. The first kappa shape index (κ1) is 35.0. The van der Waals surface area contributed by atoms with E-state index in [2.05, 4.69) is 26.9 Å². The number of hydrogen-bond acceptors (Lipinski definition) is 8. The number of hydrogen-bond donors (Lipinski definition) is 4. The first-order valence-corrected chi connectivity index (χ1v) is 11.4. The van der Waals surface area contributed by atoms with E-state index in [1.165, 1.54) is 56.9 Å². The van der Waals surface area contributed by atoms with E-state index in [9.17, 15) is 24.6 Å². The number of carboxylic acids is 3. The fourth-order valence-corrected chi connectivity index (χ4v) is 2.63. The molecule has 12 heteroatoms. The van der Waals surface area contributed by atoms with Crippen LogP contribution >= 0.6 is 0 Å². The largest absolute Gasteiger partial charge is 2.00 e. The summed E-state index contributed by atoms with van der Waals surface area (Å²) in [5.41, 5.74) is 1.15. The van der Waals surface area contributed by atoms with Gasteiger partial charge in [-0.25, -0.2) is 14.8 Å². The van der Waals surface area contributed by atoms with Crippen molar-refractivity contribution in [2.45, 2.75) is 70.8 Å². The van der Waals surface area contributed by atoms with Gasteiger partial charge in [0.1, 0.15) is 0 Å². The molecule has 0 saturated carbocycles. The standard InChI is InChI=1S/C12H24O3.2C6H6N2O2.Se/c1-2-3-4-5-6-7-8-9-10-11(13)12(14)15;2*9-6(10)2-1-5-3-7-4-8-5;/h11,13H,2-10H2,1H3,(H,14,15);2*1-4H,(H,7,8)(H,9,10);/q;;;+2/p-2. The van der Waals surface area contributed by atoms with Gasteiger partial charge in [-0.1, -0.05) is 58.3 Å². The Morgan fingerprint density at radius 2 is 1.28 bits per heavy atom. The van der Waals surface area contributed by atoms with Crippen LogP contribution in [0.25, 0.3) is 12.2 Å². The average Bonchev–Trinajstić information content (AvgIpc) is 3.53. The fraction of sp³-hybridized carbons (Fsp3) is 0.458. The van der Waals surface area contributed by atoms with E-state index in [1.807, 2.05) is 0 Å². The number of aromatic nitrogens is 4. The van der Waals surface area contributed by atoms with Crippen molar-refractivity contribution in [1.29, 1.82) is 0 Å². The van der Waals surface area contributed by atoms with Crippen molar-refractivity contribution in [1.82, 2.24) is 19.9 Å². The summed E-state index contributed by atoms with van der Waals surface area (Å²) in [5, 5.41) is 37.1. The normalized spacial score (nSPS) is 11.1. The van der Waals surface area contributed by atoms with Gasteiger partial charge in [-0.15, -0.1) is 0 Å². The third kappa shape index (κ3) is 22.6. The third-order valence-electron chi connectivity index (χ3n) is 4.44. The molecule has 2 rings (SSSR count). The van der Waals surface area contributed by atoms with Crippen LogP contribution in [0.2, 0.25) is 0 Å². The Balaban J connectivity index is 0. The molecule has 0 aromatic carbocycles. The van der Waals surface area contributed by atoms with Gasteiger partial charge in [0, 0.05) is 12.4 Å². The summed E-state index contributed by atoms with van der Waals surface area (Å²) < 4.78 is 0. The maximum absolute atomic E-state index is 10.3. The summed E-state index contributed by atoms with van der Waals surface area (Å²) in [4.78, 5) is 42.9. The number of aromatic amines is 2. The second-order valence-electron chi connectivity index (χ2n) is 7.41. The number of aliphatic hydroxyl groups is 1. The summed E-state index contributed by atoms with van der Waals surface area (Å²) >= 11 is 0. The molecule has 0 spiro atoms. The molecule has 0 bridgehead atoms. The van der Waals surface area contributed by atoms with E-state index in [-0.39, 0.29) is 17.1 Å². The van der Waals surface area contributed by atoms with Crippen LogP contribution in [0.4, 0.5) is 0 Å². The topological polar surface area (TPSA) is 195 Å². The van der Waals surface area contributed by atoms with Crippen LogP contribution in [0.3, 0.4) is 0 Å². The predicted molar refractivity (Wildman–Crippen MR) is 132 cm³/mol. The van der Waals surface area contributed by atoms with Gasteiger partial charge in [0.25, 0.3) is 0 Å². The Bertz CT molecular complexity index is 815. The summed E-state index contributed by atoms with van der Waals surface area (Å²) in [7, 11) is 0. The molecule has 11 nitrogen and oxygen atoms in total. The molecule has 1 atom stereocenters. The second-order valence-corrected chi connectivity index (χ2v) is 7.41. The van der Waals surface area contributed by atoms with Crippen LogP contribution in [0, 0.1) is 0 Å². The number of carbonyl (C=O) groups excluding carboxylic acids is 2. The van der Waals surface area contributed by atoms with Crippen molar-refractivity contribution in [3.63, 3.8) is 0 Å². The molecule has 1 unspecified atom stereocenters. The third-order valence-corrected chi connectivity index (χ3v) is 4.44. The van der Waals surface area contributed by atoms with Crippen LogP contribution < -0.4 is 10.2 Å². The molecule has 0 aliphatic rings. The molecule has 0 aliphatic heterocycles. The van der Waals surface area contributed by atoms with Gasteiger partial charge in [-0.2, -0.15) is 0 Å². The van der Waals surface area contributed by atoms with Gasteiger partial charge in [0.05, 0.1) is 36.0 Å². The van der Waals surface area contributed by atoms with Crippen molar-refractivity contribution in [3.8, 4) is 0 Å². The molecule has 0 amide bonds. The molecule has 198 valence electrons. The van der Waals surface area contributed by atoms with E-state index in [0.717, 1.165) is 31.4 Å². The predicted octanol–water partition coefficient (Wildman–Crippen LogP) is 0.928. The molecule has 0 aliphatic carbocycles. The zero-order chi connectivity index (χ0) is 26.3.